The minimum atomic E-state index is -3.67. The van der Waals surface area contributed by atoms with Gasteiger partial charge in [-0.3, -0.25) is 9.05 Å². The highest BCUT2D eigenvalue weighted by Crippen LogP contribution is 2.50. The Balaban J connectivity index is 2.89. The predicted molar refractivity (Wildman–Crippen MR) is 65.7 cm³/mol. The van der Waals surface area contributed by atoms with Gasteiger partial charge < -0.3 is 4.52 Å². The van der Waals surface area contributed by atoms with Gasteiger partial charge in [-0.25, -0.2) is 9.55 Å². The van der Waals surface area contributed by atoms with Gasteiger partial charge in [0.2, 0.25) is 5.88 Å². The van der Waals surface area contributed by atoms with Crippen LogP contribution in [0.3, 0.4) is 0 Å². The highest BCUT2D eigenvalue weighted by Gasteiger charge is 2.29. The van der Waals surface area contributed by atoms with Gasteiger partial charge in [-0.1, -0.05) is 23.2 Å². The van der Waals surface area contributed by atoms with Crippen LogP contribution >= 0.6 is 31.0 Å². The molecule has 0 atom stereocenters. The van der Waals surface area contributed by atoms with Crippen LogP contribution in [-0.4, -0.2) is 18.2 Å². The number of pyridine rings is 1. The summed E-state index contributed by atoms with van der Waals surface area (Å²) in [6, 6.07) is 1.42. The van der Waals surface area contributed by atoms with Crippen LogP contribution < -0.4 is 4.52 Å². The Bertz CT molecular complexity index is 419. The van der Waals surface area contributed by atoms with Crippen molar-refractivity contribution in [1.82, 2.24) is 4.98 Å². The van der Waals surface area contributed by atoms with Crippen LogP contribution in [0.1, 0.15) is 13.8 Å². The normalized spacial score (nSPS) is 11.5. The van der Waals surface area contributed by atoms with Crippen molar-refractivity contribution in [3.8, 4) is 5.88 Å². The summed E-state index contributed by atoms with van der Waals surface area (Å²) in [4.78, 5) is 3.81. The first-order valence-electron chi connectivity index (χ1n) is 4.90. The van der Waals surface area contributed by atoms with Crippen LogP contribution in [0.15, 0.2) is 12.3 Å². The van der Waals surface area contributed by atoms with E-state index in [1.807, 2.05) is 0 Å². The van der Waals surface area contributed by atoms with Gasteiger partial charge in [0, 0.05) is 6.20 Å². The van der Waals surface area contributed by atoms with Gasteiger partial charge in [0.1, 0.15) is 5.02 Å². The lowest BCUT2D eigenvalue weighted by Crippen LogP contribution is -2.03. The molecule has 96 valence electrons. The summed E-state index contributed by atoms with van der Waals surface area (Å²) < 4.78 is 27.0. The van der Waals surface area contributed by atoms with Crippen LogP contribution in [0, 0.1) is 0 Å². The number of aromatic nitrogens is 1. The molecule has 0 bridgehead atoms. The summed E-state index contributed by atoms with van der Waals surface area (Å²) >= 11 is 11.5. The number of hydrogen-bond donors (Lipinski definition) is 0. The molecule has 0 aliphatic carbocycles. The SMILES string of the molecule is CCOP(=O)(OCC)Oc1ncc(Cl)cc1Cl. The van der Waals surface area contributed by atoms with Crippen LogP contribution in [0.4, 0.5) is 0 Å². The number of hydrogen-bond acceptors (Lipinski definition) is 5. The first kappa shape index (κ1) is 14.7. The van der Waals surface area contributed by atoms with Crippen LogP contribution in [0.2, 0.25) is 10.0 Å². The molecule has 5 nitrogen and oxygen atoms in total. The van der Waals surface area contributed by atoms with E-state index < -0.39 is 7.82 Å². The average molecular weight is 300 g/mol. The number of phosphoric acid groups is 1. The maximum atomic E-state index is 12.0. The van der Waals surface area contributed by atoms with E-state index in [2.05, 4.69) is 4.98 Å². The number of rotatable bonds is 6. The lowest BCUT2D eigenvalue weighted by molar-refractivity contribution is 0.166. The third kappa shape index (κ3) is 4.45. The van der Waals surface area contributed by atoms with Gasteiger partial charge in [-0.05, 0) is 19.9 Å². The van der Waals surface area contributed by atoms with E-state index in [4.69, 9.17) is 36.8 Å². The molecule has 0 aromatic carbocycles. The van der Waals surface area contributed by atoms with Crippen LogP contribution in [0.25, 0.3) is 0 Å². The topological polar surface area (TPSA) is 57.7 Å². The van der Waals surface area contributed by atoms with Gasteiger partial charge in [0.15, 0.2) is 0 Å². The fourth-order valence-electron chi connectivity index (χ4n) is 0.981. The minimum absolute atomic E-state index is 0.0405. The Morgan fingerprint density at radius 1 is 1.29 bits per heavy atom. The molecular weight excluding hydrogens is 288 g/mol. The van der Waals surface area contributed by atoms with Gasteiger partial charge in [-0.15, -0.1) is 0 Å². The second kappa shape index (κ2) is 6.57. The number of phosphoric ester groups is 1. The van der Waals surface area contributed by atoms with Crippen molar-refractivity contribution >= 4 is 31.0 Å². The molecule has 8 heteroatoms. The summed E-state index contributed by atoms with van der Waals surface area (Å²) in [7, 11) is -3.67. The number of halogens is 2. The molecule has 0 saturated heterocycles. The second-order valence-corrected chi connectivity index (χ2v) is 5.25. The molecular formula is C9H12Cl2NO4P. The van der Waals surface area contributed by atoms with E-state index in [-0.39, 0.29) is 24.1 Å². The Labute approximate surface area is 110 Å². The highest BCUT2D eigenvalue weighted by atomic mass is 35.5. The largest absolute Gasteiger partial charge is 0.531 e. The smallest absolute Gasteiger partial charge is 0.384 e. The Hall–Kier alpha value is -0.320. The minimum Gasteiger partial charge on any atom is -0.384 e. The standard InChI is InChI=1S/C9H12Cl2NO4P/c1-3-14-17(13,15-4-2)16-9-8(11)5-7(10)6-12-9/h5-6H,3-4H2,1-2H3. The van der Waals surface area contributed by atoms with E-state index in [1.54, 1.807) is 13.8 Å². The average Bonchev–Trinajstić information content (AvgIpc) is 2.23. The molecule has 0 radical (unpaired) electrons. The molecule has 1 aromatic heterocycles. The van der Waals surface area contributed by atoms with Crippen molar-refractivity contribution < 1.29 is 18.1 Å². The number of nitrogens with zero attached hydrogens (tertiary/aromatic N) is 1. The van der Waals surface area contributed by atoms with Gasteiger partial charge in [0.25, 0.3) is 0 Å². The lowest BCUT2D eigenvalue weighted by Gasteiger charge is -2.16. The molecule has 0 amide bonds. The maximum Gasteiger partial charge on any atom is 0.531 e. The monoisotopic (exact) mass is 299 g/mol. The van der Waals surface area contributed by atoms with Crippen molar-refractivity contribution in [2.24, 2.45) is 0 Å². The Morgan fingerprint density at radius 2 is 1.88 bits per heavy atom. The summed E-state index contributed by atoms with van der Waals surface area (Å²) in [6.45, 7) is 3.71. The van der Waals surface area contributed by atoms with Crippen molar-refractivity contribution in [1.29, 1.82) is 0 Å². The van der Waals surface area contributed by atoms with Crippen LogP contribution in [-0.2, 0) is 13.6 Å². The molecule has 0 saturated carbocycles. The van der Waals surface area contributed by atoms with E-state index >= 15 is 0 Å². The molecule has 0 spiro atoms. The fraction of sp³-hybridized carbons (Fsp3) is 0.444. The summed E-state index contributed by atoms with van der Waals surface area (Å²) in [5.41, 5.74) is 0. The zero-order valence-electron chi connectivity index (χ0n) is 9.35. The van der Waals surface area contributed by atoms with Gasteiger partial charge in [0.05, 0.1) is 18.2 Å². The van der Waals surface area contributed by atoms with Crippen molar-refractivity contribution in [2.75, 3.05) is 13.2 Å². The highest BCUT2D eigenvalue weighted by molar-refractivity contribution is 7.48. The molecule has 0 aliphatic heterocycles. The molecule has 0 fully saturated rings. The zero-order chi connectivity index (χ0) is 12.9. The lowest BCUT2D eigenvalue weighted by atomic mass is 10.5. The van der Waals surface area contributed by atoms with E-state index in [9.17, 15) is 4.57 Å². The van der Waals surface area contributed by atoms with Gasteiger partial charge >= 0.3 is 7.82 Å². The Morgan fingerprint density at radius 3 is 2.35 bits per heavy atom. The maximum absolute atomic E-state index is 12.0. The van der Waals surface area contributed by atoms with E-state index in [0.717, 1.165) is 0 Å². The van der Waals surface area contributed by atoms with Crippen molar-refractivity contribution in [3.05, 3.63) is 22.3 Å². The third-order valence-corrected chi connectivity index (χ3v) is 3.57. The van der Waals surface area contributed by atoms with E-state index in [1.165, 1.54) is 12.3 Å². The first-order valence-corrected chi connectivity index (χ1v) is 7.12. The molecule has 0 N–H and O–H groups in total. The quantitative estimate of drug-likeness (QED) is 0.744. The third-order valence-electron chi connectivity index (χ3n) is 1.55. The zero-order valence-corrected chi connectivity index (χ0v) is 11.8. The predicted octanol–water partition coefficient (Wildman–Crippen LogP) is 3.95. The first-order chi connectivity index (χ1) is 8.00. The van der Waals surface area contributed by atoms with E-state index in [0.29, 0.717) is 5.02 Å². The molecule has 0 unspecified atom stereocenters. The fourth-order valence-corrected chi connectivity index (χ4v) is 2.62. The molecule has 1 heterocycles. The van der Waals surface area contributed by atoms with Gasteiger partial charge in [-0.2, -0.15) is 0 Å². The summed E-state index contributed by atoms with van der Waals surface area (Å²) in [5, 5.41) is 0.488. The molecule has 17 heavy (non-hydrogen) atoms. The second-order valence-electron chi connectivity index (χ2n) is 2.81. The molecule has 1 aromatic rings. The van der Waals surface area contributed by atoms with Crippen molar-refractivity contribution in [3.63, 3.8) is 0 Å². The molecule has 1 rings (SSSR count). The Kier molecular flexibility index (Phi) is 5.70. The van der Waals surface area contributed by atoms with Crippen LogP contribution in [0.5, 0.6) is 5.88 Å². The van der Waals surface area contributed by atoms with Crippen molar-refractivity contribution in [2.45, 2.75) is 13.8 Å². The summed E-state index contributed by atoms with van der Waals surface area (Å²) in [6.07, 6.45) is 1.32. The molecule has 0 aliphatic rings. The summed E-state index contributed by atoms with van der Waals surface area (Å²) in [5.74, 6) is -0.0405.